The lowest BCUT2D eigenvalue weighted by Crippen LogP contribution is -2.39. The lowest BCUT2D eigenvalue weighted by atomic mass is 9.99. The summed E-state index contributed by atoms with van der Waals surface area (Å²) in [4.78, 5) is 14.6. The maximum atomic E-state index is 12.7. The molecule has 0 aliphatic carbocycles. The van der Waals surface area contributed by atoms with Gasteiger partial charge in [-0.15, -0.1) is 0 Å². The lowest BCUT2D eigenvalue weighted by Gasteiger charge is -2.29. The monoisotopic (exact) mass is 369 g/mol. The van der Waals surface area contributed by atoms with Crippen LogP contribution in [0.5, 0.6) is 17.2 Å². The molecule has 144 valence electrons. The van der Waals surface area contributed by atoms with Gasteiger partial charge >= 0.3 is 0 Å². The number of aryl methyl sites for hydroxylation is 2. The molecule has 1 heterocycles. The van der Waals surface area contributed by atoms with Crippen LogP contribution in [0.4, 0.5) is 0 Å². The van der Waals surface area contributed by atoms with Crippen molar-refractivity contribution in [1.82, 2.24) is 4.90 Å². The van der Waals surface area contributed by atoms with E-state index in [1.807, 2.05) is 43.9 Å². The van der Waals surface area contributed by atoms with E-state index in [-0.39, 0.29) is 12.5 Å². The summed E-state index contributed by atoms with van der Waals surface area (Å²) in [6.07, 6.45) is 0.796. The van der Waals surface area contributed by atoms with Crippen LogP contribution in [-0.4, -0.2) is 38.2 Å². The van der Waals surface area contributed by atoms with Crippen LogP contribution in [0.25, 0.3) is 0 Å². The van der Waals surface area contributed by atoms with Gasteiger partial charge in [0, 0.05) is 13.1 Å². The molecule has 0 saturated heterocycles. The Morgan fingerprint density at radius 3 is 2.30 bits per heavy atom. The van der Waals surface area contributed by atoms with Gasteiger partial charge in [0.05, 0.1) is 14.2 Å². The second-order valence-corrected chi connectivity index (χ2v) is 6.98. The Bertz CT molecular complexity index is 860. The zero-order valence-corrected chi connectivity index (χ0v) is 16.7. The van der Waals surface area contributed by atoms with Gasteiger partial charge in [-0.25, -0.2) is 0 Å². The Kier molecular flexibility index (Phi) is 5.59. The summed E-state index contributed by atoms with van der Waals surface area (Å²) >= 11 is 0. The number of hydrogen-bond donors (Lipinski definition) is 0. The number of carbonyl (C=O) groups excluding carboxylic acids is 1. The highest BCUT2D eigenvalue weighted by atomic mass is 16.5. The number of ether oxygens (including phenoxy) is 3. The molecule has 0 aromatic heterocycles. The van der Waals surface area contributed by atoms with Crippen LogP contribution < -0.4 is 14.2 Å². The SMILES string of the molecule is COc1cc2c(cc1OC)CN(C(=O)COc1c(C)ccc(C)c1C)CC2. The fraction of sp³-hybridized carbons (Fsp3) is 0.409. The summed E-state index contributed by atoms with van der Waals surface area (Å²) in [7, 11) is 3.26. The van der Waals surface area contributed by atoms with Crippen molar-refractivity contribution in [2.75, 3.05) is 27.4 Å². The first-order valence-corrected chi connectivity index (χ1v) is 9.15. The second kappa shape index (κ2) is 7.91. The van der Waals surface area contributed by atoms with Crippen LogP contribution in [0.2, 0.25) is 0 Å². The van der Waals surface area contributed by atoms with Gasteiger partial charge in [-0.3, -0.25) is 4.79 Å². The van der Waals surface area contributed by atoms with Gasteiger partial charge in [-0.2, -0.15) is 0 Å². The fourth-order valence-electron chi connectivity index (χ4n) is 3.47. The summed E-state index contributed by atoms with van der Waals surface area (Å²) < 4.78 is 16.7. The summed E-state index contributed by atoms with van der Waals surface area (Å²) in [5, 5.41) is 0. The largest absolute Gasteiger partial charge is 0.493 e. The standard InChI is InChI=1S/C22H27NO4/c1-14-6-7-15(2)22(16(14)3)27-13-21(24)23-9-8-17-10-19(25-4)20(26-5)11-18(17)12-23/h6-7,10-11H,8-9,12-13H2,1-5H3. The van der Waals surface area contributed by atoms with Crippen LogP contribution in [0.1, 0.15) is 27.8 Å². The maximum Gasteiger partial charge on any atom is 0.260 e. The van der Waals surface area contributed by atoms with Crippen LogP contribution in [-0.2, 0) is 17.8 Å². The van der Waals surface area contributed by atoms with Crippen molar-refractivity contribution in [1.29, 1.82) is 0 Å². The van der Waals surface area contributed by atoms with Crippen LogP contribution >= 0.6 is 0 Å². The minimum atomic E-state index is -0.00394. The molecule has 1 amide bonds. The smallest absolute Gasteiger partial charge is 0.260 e. The average molecular weight is 369 g/mol. The summed E-state index contributed by atoms with van der Waals surface area (Å²) in [6.45, 7) is 7.36. The molecule has 0 unspecified atom stereocenters. The Hall–Kier alpha value is -2.69. The first-order valence-electron chi connectivity index (χ1n) is 9.15. The van der Waals surface area contributed by atoms with E-state index >= 15 is 0 Å². The van der Waals surface area contributed by atoms with Crippen LogP contribution in [0, 0.1) is 20.8 Å². The Balaban J connectivity index is 1.70. The van der Waals surface area contributed by atoms with E-state index in [0.29, 0.717) is 18.8 Å². The van der Waals surface area contributed by atoms with E-state index in [1.165, 1.54) is 5.56 Å². The number of fused-ring (bicyclic) bond motifs is 1. The third kappa shape index (κ3) is 3.87. The number of benzene rings is 2. The highest BCUT2D eigenvalue weighted by Crippen LogP contribution is 2.33. The van der Waals surface area contributed by atoms with E-state index < -0.39 is 0 Å². The molecule has 5 heteroatoms. The number of hydrogen-bond acceptors (Lipinski definition) is 4. The Morgan fingerprint density at radius 2 is 1.63 bits per heavy atom. The number of amides is 1. The molecule has 0 atom stereocenters. The minimum absolute atomic E-state index is 0.00394. The molecule has 0 bridgehead atoms. The molecule has 0 fully saturated rings. The molecule has 2 aromatic carbocycles. The van der Waals surface area contributed by atoms with E-state index in [9.17, 15) is 4.79 Å². The highest BCUT2D eigenvalue weighted by Gasteiger charge is 2.23. The molecule has 3 rings (SSSR count). The van der Waals surface area contributed by atoms with Crippen molar-refractivity contribution in [3.63, 3.8) is 0 Å². The first-order chi connectivity index (χ1) is 12.9. The zero-order valence-electron chi connectivity index (χ0n) is 16.7. The average Bonchev–Trinajstić information content (AvgIpc) is 2.69. The molecule has 0 N–H and O–H groups in total. The number of carbonyl (C=O) groups is 1. The van der Waals surface area contributed by atoms with E-state index in [1.54, 1.807) is 14.2 Å². The molecular formula is C22H27NO4. The molecule has 0 radical (unpaired) electrons. The summed E-state index contributed by atoms with van der Waals surface area (Å²) in [5.74, 6) is 2.22. The molecular weight excluding hydrogens is 342 g/mol. The molecule has 1 aliphatic heterocycles. The van der Waals surface area contributed by atoms with E-state index in [4.69, 9.17) is 14.2 Å². The third-order valence-corrected chi connectivity index (χ3v) is 5.28. The fourth-order valence-corrected chi connectivity index (χ4v) is 3.47. The maximum absolute atomic E-state index is 12.7. The minimum Gasteiger partial charge on any atom is -0.493 e. The molecule has 5 nitrogen and oxygen atoms in total. The van der Waals surface area contributed by atoms with E-state index in [2.05, 4.69) is 6.07 Å². The number of methoxy groups -OCH3 is 2. The molecule has 1 aliphatic rings. The Labute approximate surface area is 160 Å². The predicted molar refractivity (Wildman–Crippen MR) is 105 cm³/mol. The van der Waals surface area contributed by atoms with Crippen molar-refractivity contribution >= 4 is 5.91 Å². The van der Waals surface area contributed by atoms with Gasteiger partial charge in [0.2, 0.25) is 0 Å². The van der Waals surface area contributed by atoms with Gasteiger partial charge in [0.25, 0.3) is 5.91 Å². The zero-order chi connectivity index (χ0) is 19.6. The van der Waals surface area contributed by atoms with Gasteiger partial charge in [0.15, 0.2) is 18.1 Å². The van der Waals surface area contributed by atoms with Crippen molar-refractivity contribution in [3.8, 4) is 17.2 Å². The van der Waals surface area contributed by atoms with Crippen molar-refractivity contribution in [2.24, 2.45) is 0 Å². The molecule has 0 spiro atoms. The normalized spacial score (nSPS) is 13.1. The van der Waals surface area contributed by atoms with Gasteiger partial charge < -0.3 is 19.1 Å². The Morgan fingerprint density at radius 1 is 1.00 bits per heavy atom. The van der Waals surface area contributed by atoms with Crippen LogP contribution in [0.3, 0.4) is 0 Å². The summed E-state index contributed by atoms with van der Waals surface area (Å²) in [5.41, 5.74) is 5.59. The molecule has 0 saturated carbocycles. The van der Waals surface area contributed by atoms with Crippen molar-refractivity contribution in [2.45, 2.75) is 33.7 Å². The van der Waals surface area contributed by atoms with Gasteiger partial charge in [-0.1, -0.05) is 12.1 Å². The summed E-state index contributed by atoms with van der Waals surface area (Å²) in [6, 6.07) is 8.07. The quantitative estimate of drug-likeness (QED) is 0.808. The number of nitrogens with zero attached hydrogens (tertiary/aromatic N) is 1. The number of rotatable bonds is 5. The molecule has 2 aromatic rings. The highest BCUT2D eigenvalue weighted by molar-refractivity contribution is 5.78. The van der Waals surface area contributed by atoms with Crippen molar-refractivity contribution in [3.05, 3.63) is 52.1 Å². The van der Waals surface area contributed by atoms with Gasteiger partial charge in [0.1, 0.15) is 5.75 Å². The predicted octanol–water partition coefficient (Wildman–Crippen LogP) is 3.59. The second-order valence-electron chi connectivity index (χ2n) is 6.98. The van der Waals surface area contributed by atoms with Crippen molar-refractivity contribution < 1.29 is 19.0 Å². The first kappa shape index (κ1) is 19.1. The lowest BCUT2D eigenvalue weighted by molar-refractivity contribution is -0.134. The van der Waals surface area contributed by atoms with Crippen LogP contribution in [0.15, 0.2) is 24.3 Å². The molecule has 27 heavy (non-hydrogen) atoms. The topological polar surface area (TPSA) is 48.0 Å². The van der Waals surface area contributed by atoms with Gasteiger partial charge in [-0.05, 0) is 67.1 Å². The third-order valence-electron chi connectivity index (χ3n) is 5.28. The van der Waals surface area contributed by atoms with E-state index in [0.717, 1.165) is 40.2 Å².